The number of nitrogens with one attached hydrogen (secondary N) is 1. The van der Waals surface area contributed by atoms with Gasteiger partial charge in [-0.1, -0.05) is 19.3 Å². The van der Waals surface area contributed by atoms with E-state index in [1.165, 1.54) is 19.3 Å². The fraction of sp³-hybridized carbons (Fsp3) is 0.923. The maximum absolute atomic E-state index is 12.3. The zero-order valence-corrected chi connectivity index (χ0v) is 11.2. The van der Waals surface area contributed by atoms with Crippen LogP contribution in [0.5, 0.6) is 0 Å². The number of ether oxygens (including phenoxy) is 1. The second kappa shape index (κ2) is 6.38. The Morgan fingerprint density at radius 3 is 2.78 bits per heavy atom. The molecule has 1 aliphatic carbocycles. The highest BCUT2D eigenvalue weighted by Crippen LogP contribution is 2.18. The third kappa shape index (κ3) is 3.36. The van der Waals surface area contributed by atoms with Crippen molar-refractivity contribution in [1.82, 2.24) is 10.2 Å². The van der Waals surface area contributed by atoms with E-state index in [4.69, 9.17) is 10.5 Å². The summed E-state index contributed by atoms with van der Waals surface area (Å²) < 4.78 is 5.56. The van der Waals surface area contributed by atoms with Crippen molar-refractivity contribution < 1.29 is 9.53 Å². The number of hydrogen-bond acceptors (Lipinski definition) is 3. The summed E-state index contributed by atoms with van der Waals surface area (Å²) in [5.41, 5.74) is 5.61. The quantitative estimate of drug-likeness (QED) is 0.776. The van der Waals surface area contributed by atoms with E-state index in [0.29, 0.717) is 25.7 Å². The molecule has 0 radical (unpaired) electrons. The van der Waals surface area contributed by atoms with Gasteiger partial charge in [0.25, 0.3) is 0 Å². The van der Waals surface area contributed by atoms with Crippen LogP contribution in [-0.2, 0) is 4.74 Å². The van der Waals surface area contributed by atoms with Gasteiger partial charge in [-0.3, -0.25) is 0 Å². The Bertz CT molecular complexity index is 279. The van der Waals surface area contributed by atoms with Crippen LogP contribution in [0.2, 0.25) is 0 Å². The molecule has 1 saturated carbocycles. The monoisotopic (exact) mass is 255 g/mol. The van der Waals surface area contributed by atoms with E-state index in [1.807, 2.05) is 11.8 Å². The van der Waals surface area contributed by atoms with Crippen molar-refractivity contribution in [1.29, 1.82) is 0 Å². The van der Waals surface area contributed by atoms with Crippen molar-refractivity contribution in [2.24, 2.45) is 5.73 Å². The Morgan fingerprint density at radius 1 is 1.39 bits per heavy atom. The van der Waals surface area contributed by atoms with Gasteiger partial charge in [0.1, 0.15) is 0 Å². The van der Waals surface area contributed by atoms with E-state index in [2.05, 4.69) is 5.32 Å². The molecular formula is C13H25N3O2. The van der Waals surface area contributed by atoms with Crippen LogP contribution in [0.3, 0.4) is 0 Å². The fourth-order valence-corrected chi connectivity index (χ4v) is 2.75. The van der Waals surface area contributed by atoms with Gasteiger partial charge in [0.05, 0.1) is 25.3 Å². The predicted octanol–water partition coefficient (Wildman–Crippen LogP) is 1.08. The van der Waals surface area contributed by atoms with E-state index in [-0.39, 0.29) is 18.2 Å². The predicted molar refractivity (Wildman–Crippen MR) is 70.4 cm³/mol. The molecule has 5 nitrogen and oxygen atoms in total. The van der Waals surface area contributed by atoms with Gasteiger partial charge in [-0.25, -0.2) is 4.79 Å². The number of carbonyl (C=O) groups excluding carboxylic acids is 1. The first kappa shape index (κ1) is 13.6. The molecule has 104 valence electrons. The van der Waals surface area contributed by atoms with Crippen LogP contribution in [0.15, 0.2) is 0 Å². The van der Waals surface area contributed by atoms with E-state index in [9.17, 15) is 4.79 Å². The maximum Gasteiger partial charge on any atom is 0.318 e. The second-order valence-electron chi connectivity index (χ2n) is 5.48. The molecule has 5 heteroatoms. The van der Waals surface area contributed by atoms with Gasteiger partial charge in [-0.15, -0.1) is 0 Å². The van der Waals surface area contributed by atoms with Crippen LogP contribution < -0.4 is 11.1 Å². The van der Waals surface area contributed by atoms with E-state index >= 15 is 0 Å². The number of hydrogen-bond donors (Lipinski definition) is 2. The summed E-state index contributed by atoms with van der Waals surface area (Å²) in [5.74, 6) is 0. The Labute approximate surface area is 109 Å². The largest absolute Gasteiger partial charge is 0.373 e. The normalized spacial score (nSPS) is 30.2. The summed E-state index contributed by atoms with van der Waals surface area (Å²) in [4.78, 5) is 14.1. The van der Waals surface area contributed by atoms with Gasteiger partial charge in [0, 0.05) is 12.6 Å². The minimum Gasteiger partial charge on any atom is -0.373 e. The maximum atomic E-state index is 12.3. The molecule has 2 fully saturated rings. The van der Waals surface area contributed by atoms with Gasteiger partial charge >= 0.3 is 6.03 Å². The number of urea groups is 1. The summed E-state index contributed by atoms with van der Waals surface area (Å²) in [7, 11) is 0. The standard InChI is InChI=1S/C13H25N3O2/c1-10-9-18-12(7-14)8-16(10)13(17)15-11-5-3-2-4-6-11/h10-12H,2-9,14H2,1H3,(H,15,17). The molecule has 0 aromatic carbocycles. The summed E-state index contributed by atoms with van der Waals surface area (Å²) in [6, 6.07) is 0.546. The van der Waals surface area contributed by atoms with E-state index in [1.54, 1.807) is 0 Å². The Kier molecular flexibility index (Phi) is 4.83. The summed E-state index contributed by atoms with van der Waals surface area (Å²) >= 11 is 0. The molecule has 2 unspecified atom stereocenters. The van der Waals surface area contributed by atoms with E-state index < -0.39 is 0 Å². The average molecular weight is 255 g/mol. The van der Waals surface area contributed by atoms with Crippen LogP contribution in [0.4, 0.5) is 4.79 Å². The zero-order chi connectivity index (χ0) is 13.0. The number of carbonyl (C=O) groups is 1. The topological polar surface area (TPSA) is 67.6 Å². The van der Waals surface area contributed by atoms with Crippen LogP contribution in [-0.4, -0.2) is 48.8 Å². The highest BCUT2D eigenvalue weighted by atomic mass is 16.5. The molecule has 18 heavy (non-hydrogen) atoms. The molecule has 1 heterocycles. The molecule has 1 saturated heterocycles. The SMILES string of the molecule is CC1COC(CN)CN1C(=O)NC1CCCCC1. The first-order valence-electron chi connectivity index (χ1n) is 7.09. The summed E-state index contributed by atoms with van der Waals surface area (Å²) in [5, 5.41) is 3.15. The molecule has 3 N–H and O–H groups in total. The molecule has 0 aromatic rings. The third-order valence-corrected chi connectivity index (χ3v) is 3.96. The highest BCUT2D eigenvalue weighted by Gasteiger charge is 2.30. The Balaban J connectivity index is 1.85. The van der Waals surface area contributed by atoms with Crippen LogP contribution in [0, 0.1) is 0 Å². The van der Waals surface area contributed by atoms with Gasteiger partial charge in [0.15, 0.2) is 0 Å². The summed E-state index contributed by atoms with van der Waals surface area (Å²) in [6.07, 6.45) is 5.98. The molecule has 2 aliphatic rings. The smallest absolute Gasteiger partial charge is 0.318 e. The van der Waals surface area contributed by atoms with Gasteiger partial charge in [-0.2, -0.15) is 0 Å². The Hall–Kier alpha value is -0.810. The minimum absolute atomic E-state index is 0.0155. The molecular weight excluding hydrogens is 230 g/mol. The molecule has 0 spiro atoms. The minimum atomic E-state index is -0.0155. The number of rotatable bonds is 2. The number of nitrogens with two attached hydrogens (primary N) is 1. The molecule has 2 rings (SSSR count). The second-order valence-corrected chi connectivity index (χ2v) is 5.48. The van der Waals surface area contributed by atoms with Crippen molar-refractivity contribution in [3.05, 3.63) is 0 Å². The van der Waals surface area contributed by atoms with Crippen molar-refractivity contribution in [2.45, 2.75) is 57.2 Å². The van der Waals surface area contributed by atoms with Crippen LogP contribution >= 0.6 is 0 Å². The molecule has 2 atom stereocenters. The number of morpholine rings is 1. The lowest BCUT2D eigenvalue weighted by Crippen LogP contribution is -2.57. The number of nitrogens with zero attached hydrogens (tertiary/aromatic N) is 1. The highest BCUT2D eigenvalue weighted by molar-refractivity contribution is 5.75. The van der Waals surface area contributed by atoms with Crippen LogP contribution in [0.1, 0.15) is 39.0 Å². The molecule has 0 aromatic heterocycles. The third-order valence-electron chi connectivity index (χ3n) is 3.96. The molecule has 0 bridgehead atoms. The number of amides is 2. The zero-order valence-electron chi connectivity index (χ0n) is 11.2. The lowest BCUT2D eigenvalue weighted by molar-refractivity contribution is -0.0366. The van der Waals surface area contributed by atoms with Gasteiger partial charge in [-0.05, 0) is 19.8 Å². The van der Waals surface area contributed by atoms with Crippen LogP contribution in [0.25, 0.3) is 0 Å². The molecule has 2 amide bonds. The fourth-order valence-electron chi connectivity index (χ4n) is 2.75. The molecule has 1 aliphatic heterocycles. The summed E-state index contributed by atoms with van der Waals surface area (Å²) in [6.45, 7) is 3.68. The van der Waals surface area contributed by atoms with Crippen molar-refractivity contribution >= 4 is 6.03 Å². The lowest BCUT2D eigenvalue weighted by Gasteiger charge is -2.38. The van der Waals surface area contributed by atoms with Crippen molar-refractivity contribution in [3.63, 3.8) is 0 Å². The van der Waals surface area contributed by atoms with Crippen molar-refractivity contribution in [3.8, 4) is 0 Å². The lowest BCUT2D eigenvalue weighted by atomic mass is 9.96. The van der Waals surface area contributed by atoms with E-state index in [0.717, 1.165) is 12.8 Å². The Morgan fingerprint density at radius 2 is 2.11 bits per heavy atom. The van der Waals surface area contributed by atoms with Crippen molar-refractivity contribution in [2.75, 3.05) is 19.7 Å². The first-order chi connectivity index (χ1) is 8.70. The first-order valence-corrected chi connectivity index (χ1v) is 7.09. The average Bonchev–Trinajstić information content (AvgIpc) is 2.40. The van der Waals surface area contributed by atoms with Gasteiger partial charge < -0.3 is 20.7 Å². The van der Waals surface area contributed by atoms with Gasteiger partial charge in [0.2, 0.25) is 0 Å².